The zero-order valence-corrected chi connectivity index (χ0v) is 76.6. The number of para-hydroxylation sites is 4. The number of rotatable bonds is 15. The molecule has 15 unspecified atom stereocenters. The van der Waals surface area contributed by atoms with Gasteiger partial charge < -0.3 is 49.8 Å². The Hall–Kier alpha value is -11.5. The van der Waals surface area contributed by atoms with Crippen LogP contribution in [0, 0.1) is 103 Å². The molecule has 0 spiro atoms. The van der Waals surface area contributed by atoms with E-state index in [4.69, 9.17) is 14.2 Å². The number of aromatic nitrogens is 10. The van der Waals surface area contributed by atoms with Crippen LogP contribution in [0.25, 0.3) is 68.1 Å². The van der Waals surface area contributed by atoms with Crippen molar-refractivity contribution in [3.8, 4) is 34.8 Å². The summed E-state index contributed by atoms with van der Waals surface area (Å²) in [6.45, 7) is 12.1. The number of Topliss-reactive ketones (excluding diaryl/α,β-unsaturated/α-hetero) is 3. The summed E-state index contributed by atoms with van der Waals surface area (Å²) in [5.41, 5.74) is 8.31. The quantitative estimate of drug-likeness (QED) is 0.0502. The van der Waals surface area contributed by atoms with Crippen LogP contribution in [0.2, 0.25) is 0 Å². The topological polar surface area (TPSA) is 300 Å². The number of benzene rings is 7. The maximum Gasteiger partial charge on any atom is 0.297 e. The van der Waals surface area contributed by atoms with Crippen molar-refractivity contribution in [3.63, 3.8) is 0 Å². The number of halogens is 3. The molecule has 0 aliphatic heterocycles. The maximum atomic E-state index is 13.8. The van der Waals surface area contributed by atoms with Crippen molar-refractivity contribution in [1.29, 1.82) is 0 Å². The molecule has 694 valence electrons. The summed E-state index contributed by atoms with van der Waals surface area (Å²) in [6, 6.07) is 48.7. The monoisotopic (exact) mass is 1810 g/mol. The number of hydrogen-bond donors (Lipinski definition) is 7. The van der Waals surface area contributed by atoms with Crippen LogP contribution in [0.4, 0.5) is 13.2 Å². The second-order valence-corrected chi connectivity index (χ2v) is 42.5. The number of ether oxygens (including phenoxy) is 3. The minimum atomic E-state index is -1.58. The SMILES string of the molecule is CC12Cc3cnn(-c4ccc(F)cc4)c3C=C1CCC1C2[C@@H](O)CC2(C)C1CC[C@]2(O)C(=O)COc1ccc2ccccc2c1.CC12Cc3cnn(-c4ccc(F)cc4)c3C=C1CCC1C2[C@@H](O)CC2(C)C1CC[C@]2(O)C(=O)COc1nc2ccccc2[nH]1.Cn1c(OCC(=O)[C@@]2(O)CCC3C4CCC5=Cc6c(cnn6-c6ccc(F)cc6)CC5(C)C4[C@@H](O)CC32C)nc2ccccc21. The second-order valence-electron chi connectivity index (χ2n) is 42.5. The number of fused-ring (bicyclic) bond motifs is 21. The summed E-state index contributed by atoms with van der Waals surface area (Å²) in [4.78, 5) is 53.3. The van der Waals surface area contributed by atoms with E-state index in [1.165, 1.54) is 53.1 Å². The van der Waals surface area contributed by atoms with Gasteiger partial charge in [0, 0.05) is 23.3 Å². The Morgan fingerprint density at radius 3 is 1.22 bits per heavy atom. The largest absolute Gasteiger partial charge is 0.486 e. The molecule has 0 saturated heterocycles. The number of aryl methyl sites for hydroxylation is 1. The summed E-state index contributed by atoms with van der Waals surface area (Å²) in [5.74, 6) is -0.311. The molecule has 12 aliphatic rings. The Bertz CT molecular complexity index is 6760. The first kappa shape index (κ1) is 87.9. The van der Waals surface area contributed by atoms with Crippen molar-refractivity contribution in [2.75, 3.05) is 19.8 Å². The Kier molecular flexibility index (Phi) is 21.1. The molecule has 24 rings (SSSR count). The fourth-order valence-corrected chi connectivity index (χ4v) is 29.6. The lowest BCUT2D eigenvalue weighted by Crippen LogP contribution is -2.62. The number of H-pyrrole nitrogens is 1. The van der Waals surface area contributed by atoms with Gasteiger partial charge in [0.15, 0.2) is 13.2 Å². The second kappa shape index (κ2) is 32.1. The lowest BCUT2D eigenvalue weighted by Gasteiger charge is -2.60. The first-order valence-electron chi connectivity index (χ1n) is 47.9. The van der Waals surface area contributed by atoms with E-state index in [1.54, 1.807) is 36.4 Å². The Morgan fingerprint density at radius 2 is 0.806 bits per heavy atom. The van der Waals surface area contributed by atoms with Crippen LogP contribution in [0.1, 0.15) is 172 Å². The van der Waals surface area contributed by atoms with Crippen LogP contribution < -0.4 is 14.2 Å². The van der Waals surface area contributed by atoms with Crippen molar-refractivity contribution >= 4 is 68.4 Å². The molecular formula is C109H115F3N10O12. The van der Waals surface area contributed by atoms with Gasteiger partial charge in [-0.1, -0.05) is 113 Å². The van der Waals surface area contributed by atoms with Crippen molar-refractivity contribution < 1.29 is 72.4 Å². The summed E-state index contributed by atoms with van der Waals surface area (Å²) < 4.78 is 65.9. The molecule has 0 amide bonds. The molecule has 9 fully saturated rings. The molecule has 25 heteroatoms. The van der Waals surface area contributed by atoms with Gasteiger partial charge in [-0.3, -0.25) is 19.0 Å². The fourth-order valence-electron chi connectivity index (χ4n) is 29.6. The first-order valence-corrected chi connectivity index (χ1v) is 47.9. The lowest BCUT2D eigenvalue weighted by atomic mass is 9.45. The number of aromatic amines is 1. The smallest absolute Gasteiger partial charge is 0.297 e. The third kappa shape index (κ3) is 13.6. The predicted octanol–water partition coefficient (Wildman–Crippen LogP) is 17.5. The summed E-state index contributed by atoms with van der Waals surface area (Å²) in [7, 11) is 1.85. The van der Waals surface area contributed by atoms with E-state index in [9.17, 15) is 58.2 Å². The first-order chi connectivity index (χ1) is 64.2. The minimum Gasteiger partial charge on any atom is -0.486 e. The summed E-state index contributed by atoms with van der Waals surface area (Å²) in [6.07, 6.45) is 22.5. The Labute approximate surface area is 775 Å². The summed E-state index contributed by atoms with van der Waals surface area (Å²) >= 11 is 0. The van der Waals surface area contributed by atoms with Crippen LogP contribution in [0.3, 0.4) is 0 Å². The zero-order valence-electron chi connectivity index (χ0n) is 76.6. The molecule has 12 aromatic rings. The number of carbonyl (C=O) groups excluding carboxylic acids is 3. The molecule has 22 nitrogen and oxygen atoms in total. The molecule has 21 atom stereocenters. The number of carbonyl (C=O) groups is 3. The number of hydrogen-bond acceptors (Lipinski definition) is 17. The lowest BCUT2D eigenvalue weighted by molar-refractivity contribution is -0.181. The van der Waals surface area contributed by atoms with Crippen molar-refractivity contribution in [2.45, 2.75) is 192 Å². The molecule has 5 heterocycles. The normalized spacial score (nSPS) is 33.7. The number of ketones is 3. The average molecular weight is 1810 g/mol. The highest BCUT2D eigenvalue weighted by atomic mass is 19.1. The molecule has 7 N–H and O–H groups in total. The van der Waals surface area contributed by atoms with E-state index < -0.39 is 51.4 Å². The van der Waals surface area contributed by atoms with Crippen molar-refractivity contribution in [1.82, 2.24) is 48.9 Å². The van der Waals surface area contributed by atoms with Crippen molar-refractivity contribution in [3.05, 3.63) is 250 Å². The highest BCUT2D eigenvalue weighted by molar-refractivity contribution is 5.92. The molecule has 134 heavy (non-hydrogen) atoms. The number of imidazole rings is 2. The van der Waals surface area contributed by atoms with Gasteiger partial charge in [-0.15, -0.1) is 0 Å². The van der Waals surface area contributed by atoms with E-state index in [2.05, 4.69) is 69.2 Å². The van der Waals surface area contributed by atoms with Gasteiger partial charge in [-0.05, 0) is 340 Å². The van der Waals surface area contributed by atoms with Gasteiger partial charge in [0.1, 0.15) is 46.6 Å². The Balaban J connectivity index is 0.000000117. The average Bonchev–Trinajstić information content (AvgIpc) is 1.50. The molecule has 12 aliphatic carbocycles. The number of allylic oxidation sites excluding steroid dienone is 3. The standard InChI is InChI=1S/C38H39FN2O4.C36H39FN4O4.C35H37FN4O4/c1-36-19-25-21-40-41(28-11-9-27(39)10-12-28)32(25)18-26(36)8-14-30-31-15-16-38(44,37(31,2)20-33(42)35(30)36)34(43)22-45-29-13-7-23-5-3-4-6-24(23)17-29;1-34-17-21-19-38-41(24-11-9-23(37)10-12-24)29(21)16-22(34)8-13-25-26-14-15-36(44,35(26,2)18-30(42)32(25)34)31(43)20-45-33-39-27-6-4-5-7-28(27)40(33)3;1-33-16-20-18-37-40(23-10-8-22(36)9-11-23)28(20)15-21(33)7-12-24-25-13-14-35(43,34(25,2)17-29(41)31(24)33)30(42)19-44-32-38-26-5-3-4-6-27(26)39-32/h3-7,9-13,17-18,21,30-31,33,35,42,44H,8,14-16,19-20,22H2,1-2H3;4-7,9-12,16,19,25-26,30,32,42,44H,8,13-15,17-18,20H2,1-3H3;3-6,8-11,15,18,24-25,29,31,41,43H,7,12-14,16-17,19H2,1-2H3,(H,38,39)/t30?,31?,33-,35?,36?,37?,38-;25?,26?,30-,32?,34?,35?,36-;24?,25?,29-,31?,33?,34?,35-/m000/s1. The molecular weight excluding hydrogens is 1700 g/mol. The van der Waals surface area contributed by atoms with Crippen LogP contribution >= 0.6 is 0 Å². The number of nitrogens with one attached hydrogen (secondary N) is 1. The van der Waals surface area contributed by atoms with Gasteiger partial charge >= 0.3 is 0 Å². The number of aliphatic hydroxyl groups excluding tert-OH is 3. The van der Waals surface area contributed by atoms with E-state index in [1.807, 2.05) is 156 Å². The zero-order chi connectivity index (χ0) is 92.9. The molecule has 9 saturated carbocycles. The van der Waals surface area contributed by atoms with Crippen LogP contribution in [-0.2, 0) is 40.7 Å². The van der Waals surface area contributed by atoms with E-state index in [-0.39, 0.29) is 130 Å². The van der Waals surface area contributed by atoms with E-state index in [0.717, 1.165) is 161 Å². The van der Waals surface area contributed by atoms with Crippen molar-refractivity contribution in [2.24, 2.45) is 92.8 Å². The third-order valence-corrected chi connectivity index (χ3v) is 36.2. The molecule has 0 bridgehead atoms. The van der Waals surface area contributed by atoms with Gasteiger partial charge in [0.05, 0.1) is 93.1 Å². The highest BCUT2D eigenvalue weighted by Gasteiger charge is 2.72. The predicted molar refractivity (Wildman–Crippen MR) is 500 cm³/mol. The van der Waals surface area contributed by atoms with Gasteiger partial charge in [0.2, 0.25) is 17.3 Å². The van der Waals surface area contributed by atoms with E-state index in [0.29, 0.717) is 50.3 Å². The highest BCUT2D eigenvalue weighted by Crippen LogP contribution is 2.72. The van der Waals surface area contributed by atoms with Gasteiger partial charge in [-0.2, -0.15) is 25.3 Å². The van der Waals surface area contributed by atoms with Crippen LogP contribution in [0.15, 0.2) is 199 Å². The third-order valence-electron chi connectivity index (χ3n) is 36.2. The van der Waals surface area contributed by atoms with Gasteiger partial charge in [0.25, 0.3) is 12.0 Å². The number of aliphatic hydroxyl groups is 6. The number of nitrogens with zero attached hydrogens (tertiary/aromatic N) is 9. The summed E-state index contributed by atoms with van der Waals surface area (Å²) in [5, 5.41) is 88.4. The van der Waals surface area contributed by atoms with Crippen LogP contribution in [0.5, 0.6) is 17.8 Å². The van der Waals surface area contributed by atoms with Crippen LogP contribution in [-0.4, -0.2) is 152 Å². The van der Waals surface area contributed by atoms with Gasteiger partial charge in [-0.25, -0.2) is 27.2 Å². The van der Waals surface area contributed by atoms with E-state index >= 15 is 0 Å². The Morgan fingerprint density at radius 1 is 0.433 bits per heavy atom. The fraction of sp³-hybridized carbons (Fsp3) is 0.450. The molecule has 7 aromatic carbocycles. The minimum absolute atomic E-state index is 0.00611. The molecule has 0 radical (unpaired) electrons. The molecule has 5 aromatic heterocycles. The maximum absolute atomic E-state index is 13.8.